The first-order chi connectivity index (χ1) is 68.0. The van der Waals surface area contributed by atoms with Crippen molar-refractivity contribution in [3.63, 3.8) is 0 Å². The number of imidazole rings is 2. The zero-order chi connectivity index (χ0) is 101. The van der Waals surface area contributed by atoms with E-state index in [1.165, 1.54) is 192 Å². The summed E-state index contributed by atoms with van der Waals surface area (Å²) < 4.78 is 194. The summed E-state index contributed by atoms with van der Waals surface area (Å²) in [7, 11) is -18.4. The van der Waals surface area contributed by atoms with E-state index in [1.54, 1.807) is 187 Å². The smallest absolute Gasteiger partial charge is 0.287 e. The molecule has 0 saturated carbocycles. The van der Waals surface area contributed by atoms with E-state index in [2.05, 4.69) is 50.8 Å². The lowest BCUT2D eigenvalue weighted by atomic mass is 10.1. The van der Waals surface area contributed by atoms with Crippen molar-refractivity contribution in [1.82, 2.24) is 64.5 Å². The molecule has 0 unspecified atom stereocenters. The third-order valence-electron chi connectivity index (χ3n) is 22.2. The minimum Gasteiger partial charge on any atom is -0.497 e. The summed E-state index contributed by atoms with van der Waals surface area (Å²) in [4.78, 5) is 81.9. The second-order valence-corrected chi connectivity index (χ2v) is 44.6. The Bertz CT molecular complexity index is 8340. The van der Waals surface area contributed by atoms with Crippen molar-refractivity contribution in [3.05, 3.63) is 390 Å². The van der Waals surface area contributed by atoms with Gasteiger partial charge in [0, 0.05) is 125 Å². The quantitative estimate of drug-likeness (QED) is 0.0392. The number of benzene rings is 9. The van der Waals surface area contributed by atoms with Crippen molar-refractivity contribution in [3.8, 4) is 17.2 Å². The molecule has 0 bridgehead atoms. The molecule has 0 aliphatic heterocycles. The molecule has 0 radical (unpaired) electrons. The van der Waals surface area contributed by atoms with Crippen molar-refractivity contribution in [2.24, 2.45) is 0 Å². The SMILES string of the molecule is CCS(=O)(=O)c1cccc(S(=O)(=O)c2ccc(CNC(=O)c3cc4ccncc4s3)cc2)c1.COc1cc(C)cc(S(=O)(=O)c2ccc(CN(Cc3ccc(S(=O)(=O)c4ccc(OC)c(OC)c4)cc3)C(=O)c3cnc4nccn4c3)cc2)c1.Cc1ccncc1S(=O)(=O)c1ccc(CNC(=O)c2cnc3nccn3c2)cc1.O=C(NCc1ccc(S(=O)(=O)c2ccccc2F)cc1)c1cc2ccncc2o1. The van der Waals surface area contributed by atoms with Crippen molar-refractivity contribution < 1.29 is 92.7 Å². The molecule has 33 nitrogen and oxygen atoms in total. The summed E-state index contributed by atoms with van der Waals surface area (Å²) in [6.45, 7) is 5.92. The first kappa shape index (κ1) is 101. The van der Waals surface area contributed by atoms with Crippen LogP contribution in [0.25, 0.3) is 32.6 Å². The van der Waals surface area contributed by atoms with Gasteiger partial charge in [0.1, 0.15) is 16.5 Å². The Labute approximate surface area is 819 Å². The molecule has 18 rings (SSSR count). The summed E-state index contributed by atoms with van der Waals surface area (Å²) in [5.41, 5.74) is 6.14. The molecule has 9 aromatic heterocycles. The van der Waals surface area contributed by atoms with Crippen LogP contribution >= 0.6 is 11.3 Å². The van der Waals surface area contributed by atoms with Gasteiger partial charge in [0.05, 0.1) is 103 Å². The second kappa shape index (κ2) is 43.2. The molecule has 0 aliphatic rings. The number of aryl methyl sites for hydroxylation is 2. The van der Waals surface area contributed by atoms with Crippen molar-refractivity contribution >= 4 is 127 Å². The fourth-order valence-corrected chi connectivity index (χ4v) is 23.1. The number of nitrogens with one attached hydrogen (secondary N) is 3. The highest BCUT2D eigenvalue weighted by Gasteiger charge is 2.29. The van der Waals surface area contributed by atoms with Gasteiger partial charge >= 0.3 is 0 Å². The molecule has 9 heterocycles. The maximum Gasteiger partial charge on any atom is 0.287 e. The molecular formula is C101H86FN13O20S7. The average molecular weight is 2050 g/mol. The van der Waals surface area contributed by atoms with Gasteiger partial charge in [-0.05, 0) is 210 Å². The van der Waals surface area contributed by atoms with Gasteiger partial charge in [-0.2, -0.15) is 0 Å². The molecular weight excluding hydrogens is 1960 g/mol. The molecule has 41 heteroatoms. The zero-order valence-corrected chi connectivity index (χ0v) is 81.9. The van der Waals surface area contributed by atoms with Crippen LogP contribution in [0.3, 0.4) is 0 Å². The van der Waals surface area contributed by atoms with Gasteiger partial charge in [-0.1, -0.05) is 85.8 Å². The fraction of sp³-hybridized carbons (Fsp3) is 0.119. The number of fused-ring (bicyclic) bond motifs is 4. The van der Waals surface area contributed by atoms with E-state index in [0.717, 1.165) is 38.2 Å². The predicted molar refractivity (Wildman–Crippen MR) is 523 cm³/mol. The number of hydrogen-bond donors (Lipinski definition) is 3. The lowest BCUT2D eigenvalue weighted by molar-refractivity contribution is 0.0728. The number of amides is 4. The minimum absolute atomic E-state index is 0.0255. The zero-order valence-electron chi connectivity index (χ0n) is 76.2. The number of halogens is 1. The van der Waals surface area contributed by atoms with Gasteiger partial charge in [0.15, 0.2) is 32.7 Å². The lowest BCUT2D eigenvalue weighted by Crippen LogP contribution is -2.30. The van der Waals surface area contributed by atoms with Crippen LogP contribution in [-0.2, 0) is 91.7 Å². The van der Waals surface area contributed by atoms with E-state index >= 15 is 0 Å². The van der Waals surface area contributed by atoms with Crippen LogP contribution in [0.5, 0.6) is 17.2 Å². The molecule has 0 spiro atoms. The van der Waals surface area contributed by atoms with E-state index < -0.39 is 70.7 Å². The normalized spacial score (nSPS) is 11.7. The highest BCUT2D eigenvalue weighted by Crippen LogP contribution is 2.35. The number of methoxy groups -OCH3 is 3. The first-order valence-electron chi connectivity index (χ1n) is 43.0. The van der Waals surface area contributed by atoms with E-state index in [1.807, 2.05) is 6.07 Å². The van der Waals surface area contributed by atoms with Gasteiger partial charge in [0.2, 0.25) is 60.7 Å². The number of rotatable bonds is 29. The molecule has 142 heavy (non-hydrogen) atoms. The molecule has 9 aromatic carbocycles. The van der Waals surface area contributed by atoms with Gasteiger partial charge in [-0.15, -0.1) is 11.3 Å². The highest BCUT2D eigenvalue weighted by molar-refractivity contribution is 7.93. The molecule has 0 saturated heterocycles. The Morgan fingerprint density at radius 1 is 0.408 bits per heavy atom. The number of hydrogen-bond acceptors (Lipinski definition) is 28. The highest BCUT2D eigenvalue weighted by atomic mass is 32.2. The maximum absolute atomic E-state index is 14.0. The molecule has 724 valence electrons. The number of pyridine rings is 3. The molecule has 0 aliphatic carbocycles. The van der Waals surface area contributed by atoms with E-state index in [9.17, 15) is 74.1 Å². The van der Waals surface area contributed by atoms with Crippen LogP contribution < -0.4 is 30.2 Å². The second-order valence-electron chi connectivity index (χ2n) is 31.6. The maximum atomic E-state index is 14.0. The standard InChI is InChI=1S/C37H34N4O8S2.C23H20N2O5S3.C21H15FN2O4S.C20H17N5O3S/c1-25-17-29(47-2)19-33(18-25)51(45,46)31-11-7-27(8-12-31)23-41(36(42)28-21-39-37-38-15-16-40(37)24-28)22-26-5-9-30(10-6-26)50(43,44)32-13-14-34(48-3)35(20-32)49-4;1-2-32(27,28)19-4-3-5-20(13-19)33(29,30)18-8-6-16(7-9-18)14-25-23(26)21-12-17-10-11-24-15-22(17)31-21;22-17-3-1-2-4-20(17)29(26,27)16-7-5-14(6-8-16)12-24-21(25)18-11-15-9-10-23-13-19(15)28-18;1-14-6-7-21-12-18(14)29(27,28)17-4-2-15(3-5-17)10-23-19(26)16-11-24-20-22-8-9-25(20)13-16/h5-21,24H,22-23H2,1-4H3;3-13,15H,2,14H2,1H3,(H,25,26);1-11,13H,12H2,(H,24,25);2-9,11-13H,10H2,1H3,(H,23,26). The average Bonchev–Trinajstić information content (AvgIpc) is 1.01. The summed E-state index contributed by atoms with van der Waals surface area (Å²) in [6.07, 6.45) is 22.2. The number of furan rings is 1. The third kappa shape index (κ3) is 23.1. The number of carbonyl (C=O) groups excluding carboxylic acids is 4. The Balaban J connectivity index is 0.000000147. The van der Waals surface area contributed by atoms with Crippen LogP contribution in [0.4, 0.5) is 4.39 Å². The minimum atomic E-state index is -3.96. The van der Waals surface area contributed by atoms with Gasteiger partial charge in [-0.25, -0.2) is 74.8 Å². The largest absolute Gasteiger partial charge is 0.497 e. The number of thiophene rings is 1. The van der Waals surface area contributed by atoms with Crippen molar-refractivity contribution in [2.75, 3.05) is 27.1 Å². The molecule has 0 fully saturated rings. The monoisotopic (exact) mass is 2040 g/mol. The number of carbonyl (C=O) groups is 4. The first-order valence-corrected chi connectivity index (χ1v) is 52.9. The Morgan fingerprint density at radius 2 is 0.887 bits per heavy atom. The number of nitrogens with zero attached hydrogens (tertiary/aromatic N) is 10. The Kier molecular flexibility index (Phi) is 30.6. The molecule has 4 amide bonds. The summed E-state index contributed by atoms with van der Waals surface area (Å²) in [5.74, 6) is 0.0805. The molecule has 3 N–H and O–H groups in total. The number of aromatic nitrogens is 9. The lowest BCUT2D eigenvalue weighted by Gasteiger charge is -2.23. The van der Waals surface area contributed by atoms with Crippen LogP contribution in [0.2, 0.25) is 0 Å². The number of ether oxygens (including phenoxy) is 3. The van der Waals surface area contributed by atoms with Crippen LogP contribution in [0, 0.1) is 19.7 Å². The van der Waals surface area contributed by atoms with E-state index in [-0.39, 0.29) is 122 Å². The molecule has 0 atom stereocenters. The third-order valence-corrected chi connectivity index (χ3v) is 34.0. The van der Waals surface area contributed by atoms with Crippen molar-refractivity contribution in [1.29, 1.82) is 0 Å². The predicted octanol–water partition coefficient (Wildman–Crippen LogP) is 15.3. The fourth-order valence-electron chi connectivity index (χ4n) is 14.4. The summed E-state index contributed by atoms with van der Waals surface area (Å²) >= 11 is 1.35. The summed E-state index contributed by atoms with van der Waals surface area (Å²) in [6, 6.07) is 59.5. The van der Waals surface area contributed by atoms with Crippen molar-refractivity contribution in [2.45, 2.75) is 107 Å². The van der Waals surface area contributed by atoms with Crippen LogP contribution in [0.15, 0.2) is 382 Å². The van der Waals surface area contributed by atoms with Gasteiger partial charge in [-0.3, -0.25) is 42.9 Å². The number of sulfone groups is 6. The van der Waals surface area contributed by atoms with Crippen LogP contribution in [-0.4, -0.2) is 150 Å². The Hall–Kier alpha value is -15.9. The van der Waals surface area contributed by atoms with Gasteiger partial charge in [0.25, 0.3) is 23.6 Å². The van der Waals surface area contributed by atoms with E-state index in [0.29, 0.717) is 66.9 Å². The van der Waals surface area contributed by atoms with Gasteiger partial charge < -0.3 is 39.5 Å². The topological polar surface area (TPSA) is 452 Å². The Morgan fingerprint density at radius 3 is 1.43 bits per heavy atom. The molecule has 18 aromatic rings. The summed E-state index contributed by atoms with van der Waals surface area (Å²) in [5, 5.41) is 10.1. The van der Waals surface area contributed by atoms with Crippen LogP contribution in [0.1, 0.15) is 86.8 Å². The van der Waals surface area contributed by atoms with E-state index in [4.69, 9.17) is 18.6 Å².